The van der Waals surface area contributed by atoms with Crippen molar-refractivity contribution in [3.63, 3.8) is 0 Å². The average Bonchev–Trinajstić information content (AvgIpc) is 2.56. The van der Waals surface area contributed by atoms with Crippen LogP contribution in [0.4, 0.5) is 0 Å². The minimum Gasteiger partial charge on any atom is -0.317 e. The van der Waals surface area contributed by atoms with Gasteiger partial charge in [-0.2, -0.15) is 0 Å². The maximum atomic E-state index is 3.48. The van der Waals surface area contributed by atoms with Gasteiger partial charge in [0.2, 0.25) is 0 Å². The van der Waals surface area contributed by atoms with Gasteiger partial charge in [0.15, 0.2) is 0 Å². The van der Waals surface area contributed by atoms with Crippen molar-refractivity contribution in [3.8, 4) is 0 Å². The van der Waals surface area contributed by atoms with Gasteiger partial charge in [0, 0.05) is 5.92 Å². The van der Waals surface area contributed by atoms with Crippen LogP contribution in [-0.4, -0.2) is 13.1 Å². The summed E-state index contributed by atoms with van der Waals surface area (Å²) in [5.74, 6) is 1.37. The molecule has 2 aromatic rings. The van der Waals surface area contributed by atoms with Crippen LogP contribution < -0.4 is 5.32 Å². The molecule has 1 heterocycles. The van der Waals surface area contributed by atoms with Crippen molar-refractivity contribution in [3.05, 3.63) is 70.8 Å². The van der Waals surface area contributed by atoms with E-state index in [1.54, 1.807) is 0 Å². The van der Waals surface area contributed by atoms with E-state index < -0.39 is 0 Å². The summed E-state index contributed by atoms with van der Waals surface area (Å²) in [5, 5.41) is 3.48. The minimum absolute atomic E-state index is 0.532. The molecule has 1 nitrogen and oxygen atoms in total. The zero-order valence-electron chi connectivity index (χ0n) is 13.8. The van der Waals surface area contributed by atoms with E-state index in [2.05, 4.69) is 67.7 Å². The summed E-state index contributed by atoms with van der Waals surface area (Å²) in [5.41, 5.74) is 5.61. The lowest BCUT2D eigenvalue weighted by Gasteiger charge is -2.28. The van der Waals surface area contributed by atoms with E-state index >= 15 is 0 Å². The Kier molecular flexibility index (Phi) is 4.94. The van der Waals surface area contributed by atoms with Crippen LogP contribution in [0.5, 0.6) is 0 Å². The van der Waals surface area contributed by atoms with E-state index in [0.29, 0.717) is 5.92 Å². The second-order valence-corrected chi connectivity index (χ2v) is 6.80. The number of aryl methyl sites for hydroxylation is 2. The van der Waals surface area contributed by atoms with Gasteiger partial charge in [-0.25, -0.2) is 0 Å². The third-order valence-corrected chi connectivity index (χ3v) is 4.99. The molecule has 3 rings (SSSR count). The summed E-state index contributed by atoms with van der Waals surface area (Å²) in [6, 6.07) is 18.3. The zero-order valence-corrected chi connectivity index (χ0v) is 13.8. The Bertz CT molecular complexity index is 531. The van der Waals surface area contributed by atoms with Crippen LogP contribution in [0.25, 0.3) is 0 Å². The first-order valence-corrected chi connectivity index (χ1v) is 8.56. The fraction of sp³-hybridized carbons (Fsp3) is 0.429. The molecule has 1 aliphatic rings. The molecule has 116 valence electrons. The van der Waals surface area contributed by atoms with E-state index in [9.17, 15) is 0 Å². The fourth-order valence-electron chi connectivity index (χ4n) is 3.51. The predicted molar refractivity (Wildman–Crippen MR) is 94.4 cm³/mol. The Morgan fingerprint density at radius 3 is 1.73 bits per heavy atom. The number of hydrogen-bond donors (Lipinski definition) is 1. The van der Waals surface area contributed by atoms with Crippen LogP contribution in [0.2, 0.25) is 0 Å². The van der Waals surface area contributed by atoms with Crippen molar-refractivity contribution < 1.29 is 0 Å². The number of benzene rings is 2. The van der Waals surface area contributed by atoms with Gasteiger partial charge in [-0.05, 0) is 63.2 Å². The summed E-state index contributed by atoms with van der Waals surface area (Å²) >= 11 is 0. The third kappa shape index (κ3) is 3.78. The summed E-state index contributed by atoms with van der Waals surface area (Å²) in [6.07, 6.45) is 3.90. The van der Waals surface area contributed by atoms with Gasteiger partial charge in [0.1, 0.15) is 0 Å². The van der Waals surface area contributed by atoms with Gasteiger partial charge >= 0.3 is 0 Å². The Labute approximate surface area is 134 Å². The standard InChI is InChI=1S/C21H27N/c1-16-3-7-19(8-4-16)21(15-18-11-13-22-14-12-18)20-9-5-17(2)6-10-20/h3-10,18,21-22H,11-15H2,1-2H3. The molecule has 0 aliphatic carbocycles. The van der Waals surface area contributed by atoms with E-state index in [1.807, 2.05) is 0 Å². The molecule has 1 aliphatic heterocycles. The Balaban J connectivity index is 1.86. The van der Waals surface area contributed by atoms with Crippen LogP contribution in [-0.2, 0) is 0 Å². The molecule has 0 spiro atoms. The Morgan fingerprint density at radius 2 is 1.27 bits per heavy atom. The van der Waals surface area contributed by atoms with Crippen molar-refractivity contribution in [1.29, 1.82) is 0 Å². The monoisotopic (exact) mass is 293 g/mol. The second-order valence-electron chi connectivity index (χ2n) is 6.80. The van der Waals surface area contributed by atoms with Crippen LogP contribution >= 0.6 is 0 Å². The normalized spacial score (nSPS) is 16.1. The lowest BCUT2D eigenvalue weighted by atomic mass is 9.80. The van der Waals surface area contributed by atoms with E-state index in [-0.39, 0.29) is 0 Å². The molecule has 2 aromatic carbocycles. The van der Waals surface area contributed by atoms with Crippen LogP contribution in [0, 0.1) is 19.8 Å². The third-order valence-electron chi connectivity index (χ3n) is 4.99. The summed E-state index contributed by atoms with van der Waals surface area (Å²) in [7, 11) is 0. The highest BCUT2D eigenvalue weighted by Gasteiger charge is 2.21. The Hall–Kier alpha value is -1.60. The topological polar surface area (TPSA) is 12.0 Å². The molecule has 1 N–H and O–H groups in total. The minimum atomic E-state index is 0.532. The molecule has 1 fully saturated rings. The van der Waals surface area contributed by atoms with Crippen LogP contribution in [0.3, 0.4) is 0 Å². The maximum absolute atomic E-state index is 3.48. The maximum Gasteiger partial charge on any atom is 0.00919 e. The lowest BCUT2D eigenvalue weighted by molar-refractivity contribution is 0.342. The highest BCUT2D eigenvalue weighted by molar-refractivity contribution is 5.35. The van der Waals surface area contributed by atoms with Crippen molar-refractivity contribution in [2.75, 3.05) is 13.1 Å². The number of rotatable bonds is 4. The van der Waals surface area contributed by atoms with Crippen molar-refractivity contribution in [2.24, 2.45) is 5.92 Å². The summed E-state index contributed by atoms with van der Waals surface area (Å²) in [4.78, 5) is 0. The van der Waals surface area contributed by atoms with E-state index in [4.69, 9.17) is 0 Å². The Morgan fingerprint density at radius 1 is 0.818 bits per heavy atom. The molecule has 22 heavy (non-hydrogen) atoms. The van der Waals surface area contributed by atoms with Crippen molar-refractivity contribution in [2.45, 2.75) is 39.0 Å². The average molecular weight is 293 g/mol. The zero-order chi connectivity index (χ0) is 15.4. The summed E-state index contributed by atoms with van der Waals surface area (Å²) in [6.45, 7) is 6.69. The second kappa shape index (κ2) is 7.11. The highest BCUT2D eigenvalue weighted by Crippen LogP contribution is 2.34. The predicted octanol–water partition coefficient (Wildman–Crippen LogP) is 4.83. The van der Waals surface area contributed by atoms with E-state index in [0.717, 1.165) is 5.92 Å². The smallest absolute Gasteiger partial charge is 0.00919 e. The number of hydrogen-bond acceptors (Lipinski definition) is 1. The SMILES string of the molecule is Cc1ccc(C(CC2CCNCC2)c2ccc(C)cc2)cc1. The molecule has 1 saturated heterocycles. The molecule has 0 atom stereocenters. The number of nitrogens with one attached hydrogen (secondary N) is 1. The van der Waals surface area contributed by atoms with Crippen LogP contribution in [0.1, 0.15) is 47.4 Å². The van der Waals surface area contributed by atoms with Gasteiger partial charge in [-0.15, -0.1) is 0 Å². The molecule has 0 aromatic heterocycles. The quantitative estimate of drug-likeness (QED) is 0.851. The molecule has 0 radical (unpaired) electrons. The first-order valence-electron chi connectivity index (χ1n) is 8.56. The van der Waals surface area contributed by atoms with Gasteiger partial charge in [-0.3, -0.25) is 0 Å². The first-order chi connectivity index (χ1) is 10.7. The lowest BCUT2D eigenvalue weighted by Crippen LogP contribution is -2.28. The van der Waals surface area contributed by atoms with Gasteiger partial charge < -0.3 is 5.32 Å². The van der Waals surface area contributed by atoms with Crippen LogP contribution in [0.15, 0.2) is 48.5 Å². The largest absolute Gasteiger partial charge is 0.317 e. The van der Waals surface area contributed by atoms with Gasteiger partial charge in [0.05, 0.1) is 0 Å². The van der Waals surface area contributed by atoms with E-state index in [1.165, 1.54) is 54.6 Å². The molecular weight excluding hydrogens is 266 g/mol. The summed E-state index contributed by atoms with van der Waals surface area (Å²) < 4.78 is 0. The van der Waals surface area contributed by atoms with Crippen molar-refractivity contribution >= 4 is 0 Å². The molecular formula is C21H27N. The first kappa shape index (κ1) is 15.3. The molecule has 0 saturated carbocycles. The number of piperidine rings is 1. The molecule has 0 amide bonds. The molecule has 0 unspecified atom stereocenters. The molecule has 0 bridgehead atoms. The highest BCUT2D eigenvalue weighted by atomic mass is 14.9. The fourth-order valence-corrected chi connectivity index (χ4v) is 3.51. The van der Waals surface area contributed by atoms with Gasteiger partial charge in [0.25, 0.3) is 0 Å². The van der Waals surface area contributed by atoms with Crippen molar-refractivity contribution in [1.82, 2.24) is 5.32 Å². The van der Waals surface area contributed by atoms with Gasteiger partial charge in [-0.1, -0.05) is 59.7 Å². The molecule has 1 heteroatoms.